The molecule has 1 fully saturated rings. The molecule has 1 atom stereocenters. The van der Waals surface area contributed by atoms with Crippen LogP contribution in [0.2, 0.25) is 0 Å². The zero-order chi connectivity index (χ0) is 16.1. The largest absolute Gasteiger partial charge is 0.493 e. The predicted octanol–water partition coefficient (Wildman–Crippen LogP) is 5.40. The molecule has 0 radical (unpaired) electrons. The van der Waals surface area contributed by atoms with Gasteiger partial charge in [0.2, 0.25) is 0 Å². The van der Waals surface area contributed by atoms with Crippen LogP contribution in [0, 0.1) is 5.92 Å². The van der Waals surface area contributed by atoms with Crippen molar-refractivity contribution in [2.24, 2.45) is 5.92 Å². The molecule has 2 nitrogen and oxygen atoms in total. The van der Waals surface area contributed by atoms with Gasteiger partial charge < -0.3 is 9.47 Å². The molecule has 1 aromatic rings. The van der Waals surface area contributed by atoms with E-state index in [-0.39, 0.29) is 6.10 Å². The summed E-state index contributed by atoms with van der Waals surface area (Å²) in [5, 5.41) is 0. The predicted molar refractivity (Wildman–Crippen MR) is 95.9 cm³/mol. The average molecular weight is 314 g/mol. The minimum absolute atomic E-state index is 0.246. The van der Waals surface area contributed by atoms with Crippen LogP contribution in [0.5, 0.6) is 5.75 Å². The first kappa shape index (κ1) is 16.6. The molecule has 0 spiro atoms. The smallest absolute Gasteiger partial charge is 0.122 e. The zero-order valence-corrected chi connectivity index (χ0v) is 14.6. The maximum Gasteiger partial charge on any atom is 0.122 e. The average Bonchev–Trinajstić information content (AvgIpc) is 3.41. The van der Waals surface area contributed by atoms with Gasteiger partial charge in [-0.15, -0.1) is 0 Å². The molecule has 1 unspecified atom stereocenters. The number of ether oxygens (including phenoxy) is 2. The number of aryl methyl sites for hydroxylation is 1. The van der Waals surface area contributed by atoms with E-state index in [1.54, 1.807) is 0 Å². The first-order chi connectivity index (χ1) is 11.3. The third-order valence-corrected chi connectivity index (χ3v) is 4.81. The van der Waals surface area contributed by atoms with Crippen molar-refractivity contribution in [3.63, 3.8) is 0 Å². The maximum atomic E-state index is 6.01. The Hall–Kier alpha value is -1.28. The molecule has 23 heavy (non-hydrogen) atoms. The highest BCUT2D eigenvalue weighted by Crippen LogP contribution is 2.39. The Labute approximate surface area is 140 Å². The summed E-state index contributed by atoms with van der Waals surface area (Å²) in [6, 6.07) is 6.76. The highest BCUT2D eigenvalue weighted by atomic mass is 16.5. The van der Waals surface area contributed by atoms with Gasteiger partial charge in [-0.2, -0.15) is 0 Å². The van der Waals surface area contributed by atoms with E-state index in [4.69, 9.17) is 9.47 Å². The van der Waals surface area contributed by atoms with E-state index in [1.807, 2.05) is 0 Å². The van der Waals surface area contributed by atoms with Gasteiger partial charge in [0.1, 0.15) is 5.75 Å². The van der Waals surface area contributed by atoms with Crippen molar-refractivity contribution in [1.29, 1.82) is 0 Å². The van der Waals surface area contributed by atoms with E-state index < -0.39 is 0 Å². The molecule has 2 heteroatoms. The first-order valence-corrected chi connectivity index (χ1v) is 9.38. The quantitative estimate of drug-likeness (QED) is 0.639. The molecule has 3 rings (SSSR count). The summed E-state index contributed by atoms with van der Waals surface area (Å²) in [4.78, 5) is 0. The fraction of sp³-hybridized carbons (Fsp3) is 0.619. The van der Waals surface area contributed by atoms with Crippen LogP contribution in [-0.2, 0) is 11.2 Å². The molecule has 0 amide bonds. The Morgan fingerprint density at radius 2 is 2.22 bits per heavy atom. The highest BCUT2D eigenvalue weighted by Gasteiger charge is 2.24. The van der Waals surface area contributed by atoms with Gasteiger partial charge in [0.25, 0.3) is 0 Å². The van der Waals surface area contributed by atoms with Crippen LogP contribution in [0.15, 0.2) is 24.3 Å². The molecule has 1 aromatic carbocycles. The lowest BCUT2D eigenvalue weighted by Crippen LogP contribution is -2.11. The Bertz CT molecular complexity index is 543. The van der Waals surface area contributed by atoms with Crippen LogP contribution in [0.4, 0.5) is 0 Å². The van der Waals surface area contributed by atoms with Crippen molar-refractivity contribution in [2.75, 3.05) is 13.2 Å². The highest BCUT2D eigenvalue weighted by molar-refractivity contribution is 5.68. The van der Waals surface area contributed by atoms with E-state index in [0.717, 1.165) is 50.6 Å². The van der Waals surface area contributed by atoms with Gasteiger partial charge in [-0.1, -0.05) is 26.0 Å². The van der Waals surface area contributed by atoms with Gasteiger partial charge in [0.15, 0.2) is 0 Å². The summed E-state index contributed by atoms with van der Waals surface area (Å²) in [5.74, 6) is 1.97. The number of fused-ring (bicyclic) bond motifs is 1. The van der Waals surface area contributed by atoms with Crippen LogP contribution in [0.3, 0.4) is 0 Å². The second-order valence-electron chi connectivity index (χ2n) is 6.93. The molecule has 126 valence electrons. The minimum Gasteiger partial charge on any atom is -0.493 e. The summed E-state index contributed by atoms with van der Waals surface area (Å²) in [6.45, 7) is 6.10. The Morgan fingerprint density at radius 3 is 2.96 bits per heavy atom. The van der Waals surface area contributed by atoms with Gasteiger partial charge in [-0.05, 0) is 79.7 Å². The molecule has 0 bridgehead atoms. The summed E-state index contributed by atoms with van der Waals surface area (Å²) in [7, 11) is 0. The van der Waals surface area contributed by atoms with Gasteiger partial charge >= 0.3 is 0 Å². The number of benzene rings is 1. The van der Waals surface area contributed by atoms with Crippen LogP contribution in [-0.4, -0.2) is 19.3 Å². The second kappa shape index (κ2) is 8.01. The van der Waals surface area contributed by atoms with Crippen molar-refractivity contribution < 1.29 is 9.47 Å². The Kier molecular flexibility index (Phi) is 5.77. The van der Waals surface area contributed by atoms with Crippen LogP contribution in [0.25, 0.3) is 5.57 Å². The van der Waals surface area contributed by atoms with Gasteiger partial charge in [0, 0.05) is 6.61 Å². The van der Waals surface area contributed by atoms with Crippen LogP contribution >= 0.6 is 0 Å². The molecule has 1 saturated carbocycles. The molecule has 1 aliphatic heterocycles. The standard InChI is InChI=1S/C21H30O2/c1-3-11-22-20(4-2)15-19(13-16-7-8-16)17-9-10-21-18(14-17)6-5-12-23-21/h9-10,14-16,20H,3-8,11-13H2,1-2H3. The monoisotopic (exact) mass is 314 g/mol. The lowest BCUT2D eigenvalue weighted by Gasteiger charge is -2.20. The lowest BCUT2D eigenvalue weighted by molar-refractivity contribution is 0.0835. The minimum atomic E-state index is 0.246. The summed E-state index contributed by atoms with van der Waals surface area (Å²) in [6.07, 6.45) is 11.0. The Morgan fingerprint density at radius 1 is 1.35 bits per heavy atom. The second-order valence-corrected chi connectivity index (χ2v) is 6.93. The van der Waals surface area contributed by atoms with Crippen molar-refractivity contribution in [1.82, 2.24) is 0 Å². The third kappa shape index (κ3) is 4.60. The van der Waals surface area contributed by atoms with Gasteiger partial charge in [-0.25, -0.2) is 0 Å². The molecule has 2 aliphatic rings. The molecule has 0 N–H and O–H groups in total. The van der Waals surface area contributed by atoms with Gasteiger partial charge in [-0.3, -0.25) is 0 Å². The molecule has 0 saturated heterocycles. The fourth-order valence-corrected chi connectivity index (χ4v) is 3.25. The molecule has 0 aromatic heterocycles. The lowest BCUT2D eigenvalue weighted by atomic mass is 9.94. The van der Waals surface area contributed by atoms with Crippen molar-refractivity contribution >= 4 is 5.57 Å². The van der Waals surface area contributed by atoms with Crippen molar-refractivity contribution in [3.05, 3.63) is 35.4 Å². The SMILES string of the molecule is CCCOC(C=C(CC1CC1)c1ccc2c(c1)CCCO2)CC. The zero-order valence-electron chi connectivity index (χ0n) is 14.6. The van der Waals surface area contributed by atoms with Crippen molar-refractivity contribution in [2.45, 2.75) is 64.9 Å². The van der Waals surface area contributed by atoms with Crippen LogP contribution in [0.1, 0.15) is 63.5 Å². The molecule has 1 aliphatic carbocycles. The van der Waals surface area contributed by atoms with Gasteiger partial charge in [0.05, 0.1) is 12.7 Å². The number of hydrogen-bond acceptors (Lipinski definition) is 2. The fourth-order valence-electron chi connectivity index (χ4n) is 3.25. The van der Waals surface area contributed by atoms with Crippen molar-refractivity contribution in [3.8, 4) is 5.75 Å². The summed E-state index contributed by atoms with van der Waals surface area (Å²) >= 11 is 0. The van der Waals surface area contributed by atoms with E-state index >= 15 is 0 Å². The molecular formula is C21H30O2. The van der Waals surface area contributed by atoms with E-state index in [9.17, 15) is 0 Å². The van der Waals surface area contributed by atoms with E-state index in [1.165, 1.54) is 36.0 Å². The topological polar surface area (TPSA) is 18.5 Å². The van der Waals surface area contributed by atoms with E-state index in [0.29, 0.717) is 0 Å². The number of rotatable bonds is 8. The normalized spacial score (nSPS) is 19.1. The summed E-state index contributed by atoms with van der Waals surface area (Å²) in [5.41, 5.74) is 4.22. The molecular weight excluding hydrogens is 284 g/mol. The number of allylic oxidation sites excluding steroid dienone is 1. The summed E-state index contributed by atoms with van der Waals surface area (Å²) < 4.78 is 11.8. The molecule has 1 heterocycles. The van der Waals surface area contributed by atoms with E-state index in [2.05, 4.69) is 38.1 Å². The first-order valence-electron chi connectivity index (χ1n) is 9.38. The third-order valence-electron chi connectivity index (χ3n) is 4.81. The Balaban J connectivity index is 1.82. The number of hydrogen-bond donors (Lipinski definition) is 0. The van der Waals surface area contributed by atoms with Crippen LogP contribution < -0.4 is 4.74 Å². The maximum absolute atomic E-state index is 6.01.